The second kappa shape index (κ2) is 6.64. The Morgan fingerprint density at radius 2 is 2.10 bits per heavy atom. The summed E-state index contributed by atoms with van der Waals surface area (Å²) in [6, 6.07) is 2.36. The fraction of sp³-hybridized carbons (Fsp3) is 0.667. The maximum absolute atomic E-state index is 12.6. The average Bonchev–Trinajstić information content (AvgIpc) is 2.79. The molecule has 2 rings (SSSR count). The zero-order valence-corrected chi connectivity index (χ0v) is 13.1. The van der Waals surface area contributed by atoms with E-state index >= 15 is 0 Å². The van der Waals surface area contributed by atoms with Gasteiger partial charge in [0.2, 0.25) is 0 Å². The number of halogens is 1. The Labute approximate surface area is 125 Å². The first kappa shape index (κ1) is 15.4. The molecule has 0 spiro atoms. The second-order valence-corrected chi connectivity index (χ2v) is 6.16. The molecule has 112 valence electrons. The van der Waals surface area contributed by atoms with Gasteiger partial charge in [0.25, 0.3) is 5.91 Å². The molecule has 1 fully saturated rings. The highest BCUT2D eigenvalue weighted by atomic mass is 35.5. The van der Waals surface area contributed by atoms with Gasteiger partial charge >= 0.3 is 0 Å². The molecular weight excluding hydrogens is 274 g/mol. The topological polar surface area (TPSA) is 51.3 Å². The number of carbonyl (C=O) groups excluding carboxylic acids is 1. The normalized spacial score (nSPS) is 22.8. The third-order valence-electron chi connectivity index (χ3n) is 4.16. The van der Waals surface area contributed by atoms with Crippen LogP contribution in [0.4, 0.5) is 0 Å². The first-order chi connectivity index (χ1) is 9.52. The van der Waals surface area contributed by atoms with Crippen molar-refractivity contribution in [1.29, 1.82) is 0 Å². The van der Waals surface area contributed by atoms with Crippen LogP contribution in [0.2, 0.25) is 5.02 Å². The Kier molecular flexibility index (Phi) is 5.11. The Morgan fingerprint density at radius 1 is 1.45 bits per heavy atom. The third-order valence-corrected chi connectivity index (χ3v) is 4.36. The zero-order valence-electron chi connectivity index (χ0n) is 12.3. The number of aromatic nitrogens is 1. The van der Waals surface area contributed by atoms with E-state index < -0.39 is 0 Å². The van der Waals surface area contributed by atoms with E-state index in [4.69, 9.17) is 17.3 Å². The summed E-state index contributed by atoms with van der Waals surface area (Å²) in [6.45, 7) is 2.91. The van der Waals surface area contributed by atoms with Crippen molar-refractivity contribution in [3.05, 3.63) is 23.0 Å². The van der Waals surface area contributed by atoms with E-state index in [1.807, 2.05) is 22.7 Å². The van der Waals surface area contributed by atoms with Gasteiger partial charge in [0.15, 0.2) is 0 Å². The van der Waals surface area contributed by atoms with Gasteiger partial charge in [0.1, 0.15) is 5.69 Å². The van der Waals surface area contributed by atoms with Gasteiger partial charge in [-0.15, -0.1) is 0 Å². The minimum atomic E-state index is 0.0609. The molecule has 1 amide bonds. The quantitative estimate of drug-likeness (QED) is 0.929. The number of hydrogen-bond acceptors (Lipinski definition) is 2. The van der Waals surface area contributed by atoms with Crippen LogP contribution in [-0.4, -0.2) is 34.5 Å². The summed E-state index contributed by atoms with van der Waals surface area (Å²) in [6.07, 6.45) is 6.80. The maximum atomic E-state index is 12.6. The summed E-state index contributed by atoms with van der Waals surface area (Å²) in [5, 5.41) is 0.626. The van der Waals surface area contributed by atoms with Gasteiger partial charge in [-0.3, -0.25) is 4.79 Å². The van der Waals surface area contributed by atoms with Crippen molar-refractivity contribution in [2.24, 2.45) is 5.73 Å². The molecule has 0 radical (unpaired) electrons. The fourth-order valence-corrected chi connectivity index (χ4v) is 3.14. The molecule has 1 aromatic heterocycles. The lowest BCUT2D eigenvalue weighted by Gasteiger charge is -2.33. The summed E-state index contributed by atoms with van der Waals surface area (Å²) in [5.41, 5.74) is 6.62. The molecule has 2 N–H and O–H groups in total. The van der Waals surface area contributed by atoms with Gasteiger partial charge in [-0.05, 0) is 38.2 Å². The molecule has 0 saturated heterocycles. The van der Waals surface area contributed by atoms with Gasteiger partial charge < -0.3 is 15.2 Å². The Bertz CT molecular complexity index is 464. The van der Waals surface area contributed by atoms with Gasteiger partial charge in [-0.1, -0.05) is 18.5 Å². The van der Waals surface area contributed by atoms with Crippen molar-refractivity contribution in [2.45, 2.75) is 57.7 Å². The molecule has 20 heavy (non-hydrogen) atoms. The molecule has 0 bridgehead atoms. The summed E-state index contributed by atoms with van der Waals surface area (Å²) >= 11 is 6.05. The van der Waals surface area contributed by atoms with E-state index in [2.05, 4.69) is 6.92 Å². The van der Waals surface area contributed by atoms with Crippen LogP contribution >= 0.6 is 11.6 Å². The van der Waals surface area contributed by atoms with Crippen molar-refractivity contribution in [2.75, 3.05) is 7.05 Å². The largest absolute Gasteiger partial charge is 0.342 e. The lowest BCUT2D eigenvalue weighted by Crippen LogP contribution is -2.42. The van der Waals surface area contributed by atoms with Crippen molar-refractivity contribution in [3.8, 4) is 0 Å². The van der Waals surface area contributed by atoms with E-state index in [1.165, 1.54) is 0 Å². The average molecular weight is 298 g/mol. The highest BCUT2D eigenvalue weighted by Gasteiger charge is 2.27. The minimum absolute atomic E-state index is 0.0609. The first-order valence-electron chi connectivity index (χ1n) is 7.41. The van der Waals surface area contributed by atoms with Crippen molar-refractivity contribution in [1.82, 2.24) is 9.47 Å². The van der Waals surface area contributed by atoms with E-state index in [0.717, 1.165) is 38.6 Å². The van der Waals surface area contributed by atoms with Gasteiger partial charge in [0, 0.05) is 31.9 Å². The Balaban J connectivity index is 2.10. The minimum Gasteiger partial charge on any atom is -0.342 e. The number of carbonyl (C=O) groups is 1. The van der Waals surface area contributed by atoms with E-state index in [1.54, 1.807) is 6.07 Å². The molecule has 1 heterocycles. The molecule has 1 aliphatic carbocycles. The molecule has 1 aliphatic rings. The summed E-state index contributed by atoms with van der Waals surface area (Å²) < 4.78 is 1.95. The molecular formula is C15H24ClN3O. The van der Waals surface area contributed by atoms with Crippen molar-refractivity contribution in [3.63, 3.8) is 0 Å². The van der Waals surface area contributed by atoms with Crippen LogP contribution in [0.3, 0.4) is 0 Å². The van der Waals surface area contributed by atoms with E-state index in [9.17, 15) is 4.79 Å². The van der Waals surface area contributed by atoms with Crippen LogP contribution in [0.5, 0.6) is 0 Å². The Hall–Kier alpha value is -1.00. The maximum Gasteiger partial charge on any atom is 0.270 e. The fourth-order valence-electron chi connectivity index (χ4n) is 2.92. The van der Waals surface area contributed by atoms with Crippen LogP contribution in [0, 0.1) is 0 Å². The van der Waals surface area contributed by atoms with Crippen LogP contribution in [0.15, 0.2) is 12.3 Å². The predicted octanol–water partition coefficient (Wildman–Crippen LogP) is 2.89. The number of nitrogens with zero attached hydrogens (tertiary/aromatic N) is 2. The molecule has 0 aliphatic heterocycles. The predicted molar refractivity (Wildman–Crippen MR) is 82.1 cm³/mol. The van der Waals surface area contributed by atoms with Crippen LogP contribution < -0.4 is 5.73 Å². The van der Waals surface area contributed by atoms with Crippen LogP contribution in [0.25, 0.3) is 0 Å². The highest BCUT2D eigenvalue weighted by molar-refractivity contribution is 6.31. The number of amides is 1. The molecule has 0 aromatic carbocycles. The molecule has 0 atom stereocenters. The molecule has 1 saturated carbocycles. The lowest BCUT2D eigenvalue weighted by atomic mass is 9.91. The Morgan fingerprint density at radius 3 is 2.70 bits per heavy atom. The van der Waals surface area contributed by atoms with E-state index in [0.29, 0.717) is 22.8 Å². The lowest BCUT2D eigenvalue weighted by molar-refractivity contribution is 0.0679. The van der Waals surface area contributed by atoms with Crippen LogP contribution in [-0.2, 0) is 6.54 Å². The standard InChI is InChI=1S/C15H24ClN3O/c1-3-8-19-10-11(16)9-14(19)15(20)18(2)13-6-4-12(17)5-7-13/h9-10,12-13H,3-8,17H2,1-2H3. The first-order valence-corrected chi connectivity index (χ1v) is 7.79. The van der Waals surface area contributed by atoms with Crippen molar-refractivity contribution >= 4 is 17.5 Å². The van der Waals surface area contributed by atoms with E-state index in [-0.39, 0.29) is 5.91 Å². The van der Waals surface area contributed by atoms with Gasteiger partial charge in [-0.25, -0.2) is 0 Å². The monoisotopic (exact) mass is 297 g/mol. The summed E-state index contributed by atoms with van der Waals surface area (Å²) in [5.74, 6) is 0.0609. The number of hydrogen-bond donors (Lipinski definition) is 1. The van der Waals surface area contributed by atoms with Crippen LogP contribution in [0.1, 0.15) is 49.5 Å². The molecule has 0 unspecified atom stereocenters. The third kappa shape index (κ3) is 3.36. The SMILES string of the molecule is CCCn1cc(Cl)cc1C(=O)N(C)C1CCC(N)CC1. The molecule has 4 nitrogen and oxygen atoms in total. The highest BCUT2D eigenvalue weighted by Crippen LogP contribution is 2.24. The summed E-state index contributed by atoms with van der Waals surface area (Å²) in [7, 11) is 1.89. The van der Waals surface area contributed by atoms with Gasteiger partial charge in [0.05, 0.1) is 5.02 Å². The van der Waals surface area contributed by atoms with Gasteiger partial charge in [-0.2, -0.15) is 0 Å². The van der Waals surface area contributed by atoms with Crippen molar-refractivity contribution < 1.29 is 4.79 Å². The smallest absolute Gasteiger partial charge is 0.270 e. The number of aryl methyl sites for hydroxylation is 1. The molecule has 1 aromatic rings. The number of nitrogens with two attached hydrogens (primary N) is 1. The molecule has 5 heteroatoms. The zero-order chi connectivity index (χ0) is 14.7. The second-order valence-electron chi connectivity index (χ2n) is 5.72. The summed E-state index contributed by atoms with van der Waals surface area (Å²) in [4.78, 5) is 14.5. The number of rotatable bonds is 4.